The topological polar surface area (TPSA) is 66.4 Å². The molecule has 0 fully saturated rings. The molecule has 0 aromatic heterocycles. The number of carbonyl (C=O) groups is 1. The first-order valence-corrected chi connectivity index (χ1v) is 3.54. The molecular formula is C5H7O4S-. The van der Waals surface area contributed by atoms with E-state index in [2.05, 4.69) is 4.74 Å². The van der Waals surface area contributed by atoms with Gasteiger partial charge in [-0.15, -0.1) is 0 Å². The van der Waals surface area contributed by atoms with Gasteiger partial charge in [0, 0.05) is 0 Å². The number of rotatable bonds is 2. The Kier molecular flexibility index (Phi) is 3.90. The number of hydrogen-bond donors (Lipinski definition) is 0. The van der Waals surface area contributed by atoms with Crippen LogP contribution in [0.2, 0.25) is 0 Å². The monoisotopic (exact) mass is 163 g/mol. The minimum absolute atomic E-state index is 0.345. The van der Waals surface area contributed by atoms with Gasteiger partial charge in [0.1, 0.15) is 4.91 Å². The lowest BCUT2D eigenvalue weighted by atomic mass is 10.5. The Bertz CT molecular complexity index is 184. The van der Waals surface area contributed by atoms with Crippen molar-refractivity contribution in [1.82, 2.24) is 0 Å². The van der Waals surface area contributed by atoms with Crippen LogP contribution in [0.1, 0.15) is 6.92 Å². The van der Waals surface area contributed by atoms with Crippen LogP contribution in [0.25, 0.3) is 0 Å². The third-order valence-corrected chi connectivity index (χ3v) is 1.59. The molecule has 0 bridgehead atoms. The fraction of sp³-hybridized carbons (Fsp3) is 0.400. The Morgan fingerprint density at radius 3 is 2.30 bits per heavy atom. The summed E-state index contributed by atoms with van der Waals surface area (Å²) < 4.78 is 24.5. The van der Waals surface area contributed by atoms with E-state index in [1.165, 1.54) is 13.0 Å². The van der Waals surface area contributed by atoms with Gasteiger partial charge >= 0.3 is 5.97 Å². The van der Waals surface area contributed by atoms with Crippen molar-refractivity contribution in [3.05, 3.63) is 11.0 Å². The Morgan fingerprint density at radius 1 is 1.70 bits per heavy atom. The van der Waals surface area contributed by atoms with Crippen LogP contribution in [0.5, 0.6) is 0 Å². The molecule has 4 nitrogen and oxygen atoms in total. The first-order valence-electron chi connectivity index (χ1n) is 2.47. The van der Waals surface area contributed by atoms with Crippen molar-refractivity contribution in [3.63, 3.8) is 0 Å². The van der Waals surface area contributed by atoms with E-state index in [1.807, 2.05) is 0 Å². The van der Waals surface area contributed by atoms with E-state index in [0.717, 1.165) is 7.11 Å². The highest BCUT2D eigenvalue weighted by molar-refractivity contribution is 7.84. The highest BCUT2D eigenvalue weighted by atomic mass is 32.2. The van der Waals surface area contributed by atoms with Crippen LogP contribution in [0.3, 0.4) is 0 Å². The van der Waals surface area contributed by atoms with Crippen LogP contribution in [0.15, 0.2) is 11.0 Å². The van der Waals surface area contributed by atoms with E-state index < -0.39 is 17.0 Å². The van der Waals surface area contributed by atoms with Crippen molar-refractivity contribution in [3.8, 4) is 0 Å². The molecule has 1 atom stereocenters. The van der Waals surface area contributed by atoms with Gasteiger partial charge in [0.25, 0.3) is 0 Å². The van der Waals surface area contributed by atoms with Crippen LogP contribution in [-0.4, -0.2) is 21.8 Å². The molecule has 1 unspecified atom stereocenters. The van der Waals surface area contributed by atoms with E-state index in [1.54, 1.807) is 0 Å². The van der Waals surface area contributed by atoms with Gasteiger partial charge in [-0.1, -0.05) is 6.08 Å². The Hall–Kier alpha value is -0.680. The molecule has 0 aromatic rings. The number of esters is 1. The zero-order valence-electron chi connectivity index (χ0n) is 5.62. The predicted molar refractivity (Wildman–Crippen MR) is 34.7 cm³/mol. The predicted octanol–water partition coefficient (Wildman–Crippen LogP) is -0.0577. The lowest BCUT2D eigenvalue weighted by molar-refractivity contribution is -0.135. The van der Waals surface area contributed by atoms with Crippen LogP contribution in [0.4, 0.5) is 0 Å². The third kappa shape index (κ3) is 2.28. The Morgan fingerprint density at radius 2 is 2.20 bits per heavy atom. The molecule has 0 aromatic carbocycles. The molecule has 0 heterocycles. The maximum absolute atomic E-state index is 10.5. The summed E-state index contributed by atoms with van der Waals surface area (Å²) >= 11 is -2.50. The average molecular weight is 163 g/mol. The van der Waals surface area contributed by atoms with Crippen LogP contribution < -0.4 is 0 Å². The van der Waals surface area contributed by atoms with Gasteiger partial charge in [-0.2, -0.15) is 0 Å². The summed E-state index contributed by atoms with van der Waals surface area (Å²) in [6.07, 6.45) is 1.18. The van der Waals surface area contributed by atoms with Gasteiger partial charge in [-0.3, -0.25) is 4.21 Å². The highest BCUT2D eigenvalue weighted by Gasteiger charge is 2.07. The van der Waals surface area contributed by atoms with Crippen molar-refractivity contribution in [2.75, 3.05) is 7.11 Å². The van der Waals surface area contributed by atoms with Crippen molar-refractivity contribution < 1.29 is 18.3 Å². The van der Waals surface area contributed by atoms with Gasteiger partial charge in [0.2, 0.25) is 0 Å². The molecule has 0 spiro atoms. The molecule has 0 saturated carbocycles. The van der Waals surface area contributed by atoms with Crippen LogP contribution >= 0.6 is 0 Å². The molecule has 0 aliphatic heterocycles. The zero-order valence-corrected chi connectivity index (χ0v) is 6.44. The molecule has 0 radical (unpaired) electrons. The summed E-state index contributed by atoms with van der Waals surface area (Å²) in [5.74, 6) is -0.837. The normalized spacial score (nSPS) is 14.5. The number of hydrogen-bond acceptors (Lipinski definition) is 4. The van der Waals surface area contributed by atoms with Gasteiger partial charge in [0.15, 0.2) is 0 Å². The lowest BCUT2D eigenvalue weighted by Crippen LogP contribution is -2.08. The molecule has 0 rings (SSSR count). The summed E-state index contributed by atoms with van der Waals surface area (Å²) in [4.78, 5) is 10.2. The van der Waals surface area contributed by atoms with Crippen molar-refractivity contribution in [2.45, 2.75) is 6.92 Å². The first-order chi connectivity index (χ1) is 4.63. The van der Waals surface area contributed by atoms with Gasteiger partial charge in [0.05, 0.1) is 7.11 Å². The molecule has 10 heavy (non-hydrogen) atoms. The van der Waals surface area contributed by atoms with Crippen molar-refractivity contribution in [2.24, 2.45) is 0 Å². The highest BCUT2D eigenvalue weighted by Crippen LogP contribution is 2.00. The van der Waals surface area contributed by atoms with E-state index in [9.17, 15) is 13.6 Å². The SMILES string of the molecule is CC=C(C(=O)OC)S(=O)[O-]. The zero-order chi connectivity index (χ0) is 8.15. The van der Waals surface area contributed by atoms with E-state index in [0.29, 0.717) is 0 Å². The van der Waals surface area contributed by atoms with E-state index in [-0.39, 0.29) is 4.91 Å². The fourth-order valence-corrected chi connectivity index (χ4v) is 0.795. The number of ether oxygens (including phenoxy) is 1. The minimum atomic E-state index is -2.50. The first kappa shape index (κ1) is 9.32. The number of allylic oxidation sites excluding steroid dienone is 1. The molecule has 0 saturated heterocycles. The Balaban J connectivity index is 4.39. The van der Waals surface area contributed by atoms with E-state index in [4.69, 9.17) is 0 Å². The minimum Gasteiger partial charge on any atom is -0.768 e. The molecule has 0 aliphatic rings. The van der Waals surface area contributed by atoms with Gasteiger partial charge < -0.3 is 9.29 Å². The largest absolute Gasteiger partial charge is 0.768 e. The maximum Gasteiger partial charge on any atom is 0.345 e. The molecule has 0 aliphatic carbocycles. The van der Waals surface area contributed by atoms with Gasteiger partial charge in [-0.25, -0.2) is 4.79 Å². The summed E-state index contributed by atoms with van der Waals surface area (Å²) in [5.41, 5.74) is 0. The summed E-state index contributed by atoms with van der Waals surface area (Å²) in [7, 11) is 1.12. The van der Waals surface area contributed by atoms with E-state index >= 15 is 0 Å². The van der Waals surface area contributed by atoms with Crippen molar-refractivity contribution in [1.29, 1.82) is 0 Å². The number of carbonyl (C=O) groups excluding carboxylic acids is 1. The summed E-state index contributed by atoms with van der Waals surface area (Å²) in [5, 5.41) is 0. The fourth-order valence-electron chi connectivity index (χ4n) is 0.383. The lowest BCUT2D eigenvalue weighted by Gasteiger charge is -2.05. The summed E-state index contributed by atoms with van der Waals surface area (Å²) in [6.45, 7) is 1.45. The Labute approximate surface area is 61.2 Å². The molecular weight excluding hydrogens is 156 g/mol. The average Bonchev–Trinajstić information content (AvgIpc) is 1.88. The third-order valence-electron chi connectivity index (χ3n) is 0.828. The molecule has 0 amide bonds. The molecule has 0 N–H and O–H groups in total. The van der Waals surface area contributed by atoms with Crippen molar-refractivity contribution >= 4 is 17.0 Å². The number of methoxy groups -OCH3 is 1. The summed E-state index contributed by atoms with van der Waals surface area (Å²) in [6, 6.07) is 0. The van der Waals surface area contributed by atoms with Gasteiger partial charge in [-0.05, 0) is 18.0 Å². The maximum atomic E-state index is 10.5. The second-order valence-corrected chi connectivity index (χ2v) is 2.29. The smallest absolute Gasteiger partial charge is 0.345 e. The molecule has 5 heteroatoms. The second kappa shape index (κ2) is 4.19. The van der Waals surface area contributed by atoms with Crippen LogP contribution in [0, 0.1) is 0 Å². The van der Waals surface area contributed by atoms with Crippen LogP contribution in [-0.2, 0) is 20.6 Å². The quantitative estimate of drug-likeness (QED) is 0.325. The molecule has 58 valence electrons. The second-order valence-electron chi connectivity index (χ2n) is 1.38. The standard InChI is InChI=1S/C5H8O4S/c1-3-4(10(7)8)5(6)9-2/h3H,1-2H3,(H,7,8)/p-1.